The highest BCUT2D eigenvalue weighted by molar-refractivity contribution is 5.95. The highest BCUT2D eigenvalue weighted by Crippen LogP contribution is 2.21. The molecular formula is C11H14ClN3O5. The van der Waals surface area contributed by atoms with E-state index < -0.39 is 10.9 Å². The third-order valence-corrected chi connectivity index (χ3v) is 2.20. The van der Waals surface area contributed by atoms with Gasteiger partial charge in [-0.25, -0.2) is 4.79 Å². The molecule has 0 fully saturated rings. The molecule has 110 valence electrons. The molecule has 3 N–H and O–H groups in total. The van der Waals surface area contributed by atoms with Gasteiger partial charge in [0.2, 0.25) is 5.91 Å². The number of rotatable bonds is 5. The van der Waals surface area contributed by atoms with Crippen LogP contribution >= 0.6 is 12.4 Å². The van der Waals surface area contributed by atoms with Crippen LogP contribution in [0.15, 0.2) is 18.2 Å². The number of carbonyl (C=O) groups excluding carboxylic acids is 2. The van der Waals surface area contributed by atoms with Crippen LogP contribution in [0.2, 0.25) is 0 Å². The summed E-state index contributed by atoms with van der Waals surface area (Å²) in [5.74, 6) is -1.11. The summed E-state index contributed by atoms with van der Waals surface area (Å²) >= 11 is 0. The van der Waals surface area contributed by atoms with Crippen molar-refractivity contribution in [2.45, 2.75) is 6.42 Å². The third-order valence-electron chi connectivity index (χ3n) is 2.20. The number of nitrogens with two attached hydrogens (primary N) is 1. The largest absolute Gasteiger partial charge is 0.465 e. The number of hydrogen-bond acceptors (Lipinski definition) is 6. The van der Waals surface area contributed by atoms with Crippen molar-refractivity contribution in [3.05, 3.63) is 33.9 Å². The van der Waals surface area contributed by atoms with E-state index in [1.807, 2.05) is 0 Å². The summed E-state index contributed by atoms with van der Waals surface area (Å²) < 4.78 is 4.48. The van der Waals surface area contributed by atoms with Crippen LogP contribution < -0.4 is 11.1 Å². The molecule has 0 aromatic heterocycles. The lowest BCUT2D eigenvalue weighted by molar-refractivity contribution is -0.384. The number of nitrogens with one attached hydrogen (secondary N) is 1. The van der Waals surface area contributed by atoms with Gasteiger partial charge in [0.25, 0.3) is 5.69 Å². The summed E-state index contributed by atoms with van der Waals surface area (Å²) in [5.41, 5.74) is 5.04. The second-order valence-electron chi connectivity index (χ2n) is 3.60. The van der Waals surface area contributed by atoms with E-state index in [-0.39, 0.29) is 48.2 Å². The second kappa shape index (κ2) is 8.08. The molecular weight excluding hydrogens is 290 g/mol. The van der Waals surface area contributed by atoms with E-state index in [1.165, 1.54) is 6.07 Å². The number of nitrogens with zero attached hydrogens (tertiary/aromatic N) is 1. The molecule has 20 heavy (non-hydrogen) atoms. The maximum Gasteiger partial charge on any atom is 0.338 e. The van der Waals surface area contributed by atoms with Crippen molar-refractivity contribution in [3.8, 4) is 0 Å². The van der Waals surface area contributed by atoms with Crippen molar-refractivity contribution >= 4 is 35.7 Å². The average Bonchev–Trinajstić information content (AvgIpc) is 2.37. The van der Waals surface area contributed by atoms with E-state index in [9.17, 15) is 19.7 Å². The van der Waals surface area contributed by atoms with Crippen LogP contribution in [0.4, 0.5) is 11.4 Å². The van der Waals surface area contributed by atoms with E-state index in [0.717, 1.165) is 19.2 Å². The van der Waals surface area contributed by atoms with Gasteiger partial charge in [0.1, 0.15) is 0 Å². The van der Waals surface area contributed by atoms with Crippen molar-refractivity contribution < 1.29 is 19.2 Å². The number of nitro benzene ring substituents is 1. The predicted molar refractivity (Wildman–Crippen MR) is 74.0 cm³/mol. The van der Waals surface area contributed by atoms with Gasteiger partial charge >= 0.3 is 5.97 Å². The zero-order valence-electron chi connectivity index (χ0n) is 10.6. The Bertz CT molecular complexity index is 521. The fraction of sp³-hybridized carbons (Fsp3) is 0.273. The number of amides is 1. The molecule has 0 heterocycles. The number of esters is 1. The summed E-state index contributed by atoms with van der Waals surface area (Å²) in [6.07, 6.45) is 0.0796. The van der Waals surface area contributed by atoms with Crippen LogP contribution in [-0.2, 0) is 9.53 Å². The van der Waals surface area contributed by atoms with Gasteiger partial charge in [0.15, 0.2) is 0 Å². The molecule has 1 amide bonds. The van der Waals surface area contributed by atoms with Gasteiger partial charge in [0.05, 0.1) is 17.6 Å². The Kier molecular flexibility index (Phi) is 7.19. The third kappa shape index (κ3) is 4.82. The molecule has 1 aromatic rings. The van der Waals surface area contributed by atoms with Crippen molar-refractivity contribution in [1.82, 2.24) is 0 Å². The monoisotopic (exact) mass is 303 g/mol. The molecule has 0 spiro atoms. The quantitative estimate of drug-likeness (QED) is 0.476. The molecule has 0 unspecified atom stereocenters. The van der Waals surface area contributed by atoms with E-state index in [4.69, 9.17) is 5.73 Å². The number of anilines is 1. The van der Waals surface area contributed by atoms with Crippen LogP contribution in [0.5, 0.6) is 0 Å². The summed E-state index contributed by atoms with van der Waals surface area (Å²) in [6.45, 7) is 0.157. The van der Waals surface area contributed by atoms with Crippen molar-refractivity contribution in [2.75, 3.05) is 19.0 Å². The highest BCUT2D eigenvalue weighted by Gasteiger charge is 2.15. The van der Waals surface area contributed by atoms with Crippen molar-refractivity contribution in [3.63, 3.8) is 0 Å². The van der Waals surface area contributed by atoms with Crippen LogP contribution in [0.3, 0.4) is 0 Å². The first kappa shape index (κ1) is 17.8. The van der Waals surface area contributed by atoms with Crippen molar-refractivity contribution in [1.29, 1.82) is 0 Å². The van der Waals surface area contributed by atoms with E-state index >= 15 is 0 Å². The topological polar surface area (TPSA) is 125 Å². The lowest BCUT2D eigenvalue weighted by atomic mass is 10.1. The fourth-order valence-corrected chi connectivity index (χ4v) is 1.38. The normalized spacial score (nSPS) is 9.30. The Balaban J connectivity index is 0.00000361. The maximum absolute atomic E-state index is 11.4. The van der Waals surface area contributed by atoms with Crippen LogP contribution in [0, 0.1) is 10.1 Å². The first-order valence-electron chi connectivity index (χ1n) is 5.35. The molecule has 8 nitrogen and oxygen atoms in total. The smallest absolute Gasteiger partial charge is 0.338 e. The van der Waals surface area contributed by atoms with E-state index in [0.29, 0.717) is 0 Å². The molecule has 9 heteroatoms. The number of nitro groups is 1. The minimum absolute atomic E-state index is 0. The number of methoxy groups -OCH3 is 1. The Hall–Kier alpha value is -2.19. The van der Waals surface area contributed by atoms with Gasteiger partial charge in [-0.15, -0.1) is 12.4 Å². The Morgan fingerprint density at radius 1 is 1.40 bits per heavy atom. The molecule has 1 aromatic carbocycles. The second-order valence-corrected chi connectivity index (χ2v) is 3.60. The molecule has 0 aliphatic heterocycles. The molecule has 0 saturated heterocycles. The van der Waals surface area contributed by atoms with E-state index in [1.54, 1.807) is 0 Å². The highest BCUT2D eigenvalue weighted by atomic mass is 35.5. The fourth-order valence-electron chi connectivity index (χ4n) is 1.38. The van der Waals surface area contributed by atoms with Gasteiger partial charge in [-0.2, -0.15) is 0 Å². The number of benzene rings is 1. The molecule has 0 atom stereocenters. The number of hydrogen-bond donors (Lipinski definition) is 2. The van der Waals surface area contributed by atoms with Gasteiger partial charge < -0.3 is 15.8 Å². The Morgan fingerprint density at radius 3 is 2.55 bits per heavy atom. The standard InChI is InChI=1S/C11H13N3O5.ClH/c1-19-11(16)7-4-8(13-10(15)2-3-12)6-9(5-7)14(17)18;/h4-6H,2-3,12H2,1H3,(H,13,15);1H. The Morgan fingerprint density at radius 2 is 2.05 bits per heavy atom. The molecule has 0 saturated carbocycles. The van der Waals surface area contributed by atoms with Crippen LogP contribution in [0.25, 0.3) is 0 Å². The molecule has 0 radical (unpaired) electrons. The summed E-state index contributed by atoms with van der Waals surface area (Å²) in [4.78, 5) is 32.8. The minimum atomic E-state index is -0.724. The Labute approximate surface area is 120 Å². The molecule has 0 aliphatic carbocycles. The first-order chi connectivity index (χ1) is 8.97. The molecule has 0 aliphatic rings. The van der Waals surface area contributed by atoms with Gasteiger partial charge in [-0.1, -0.05) is 0 Å². The predicted octanol–water partition coefficient (Wildman–Crippen LogP) is 1.09. The molecule has 1 rings (SSSR count). The average molecular weight is 304 g/mol. The number of non-ortho nitro benzene ring substituents is 1. The summed E-state index contributed by atoms with van der Waals surface area (Å²) in [6, 6.07) is 3.53. The number of ether oxygens (including phenoxy) is 1. The first-order valence-corrected chi connectivity index (χ1v) is 5.35. The van der Waals surface area contributed by atoms with Crippen LogP contribution in [0.1, 0.15) is 16.8 Å². The summed E-state index contributed by atoms with van der Waals surface area (Å²) in [7, 11) is 1.16. The van der Waals surface area contributed by atoms with Gasteiger partial charge in [0, 0.05) is 30.8 Å². The number of carbonyl (C=O) groups is 2. The van der Waals surface area contributed by atoms with Gasteiger partial charge in [-0.05, 0) is 6.07 Å². The van der Waals surface area contributed by atoms with Crippen molar-refractivity contribution in [2.24, 2.45) is 5.73 Å². The van der Waals surface area contributed by atoms with Gasteiger partial charge in [-0.3, -0.25) is 14.9 Å². The lowest BCUT2D eigenvalue weighted by Gasteiger charge is -2.06. The van der Waals surface area contributed by atoms with E-state index in [2.05, 4.69) is 10.1 Å². The maximum atomic E-state index is 11.4. The van der Waals surface area contributed by atoms with Crippen LogP contribution in [-0.4, -0.2) is 30.5 Å². The zero-order chi connectivity index (χ0) is 14.4. The lowest BCUT2D eigenvalue weighted by Crippen LogP contribution is -2.16. The summed E-state index contributed by atoms with van der Waals surface area (Å²) in [5, 5.41) is 13.2. The zero-order valence-corrected chi connectivity index (χ0v) is 11.4. The SMILES string of the molecule is COC(=O)c1cc(NC(=O)CCN)cc([N+](=O)[O-])c1.Cl. The minimum Gasteiger partial charge on any atom is -0.465 e. The number of halogens is 1. The molecule has 0 bridgehead atoms.